The Morgan fingerprint density at radius 2 is 1.58 bits per heavy atom. The largest absolute Gasteiger partial charge is 0.442 e. The highest BCUT2D eigenvalue weighted by molar-refractivity contribution is 5.69. The number of hydrogen-bond acceptors (Lipinski definition) is 7. The number of carbonyl (C=O) groups is 1. The first-order valence-electron chi connectivity index (χ1n) is 13.5. The average Bonchev–Trinajstić information content (AvgIpc) is 3.34. The number of rotatable bonds is 17. The number of ether oxygens (including phenoxy) is 1. The fourth-order valence-electron chi connectivity index (χ4n) is 4.38. The first kappa shape index (κ1) is 27.5. The van der Waals surface area contributed by atoms with E-state index >= 15 is 0 Å². The number of aromatic nitrogens is 6. The molecule has 9 nitrogen and oxygen atoms in total. The summed E-state index contributed by atoms with van der Waals surface area (Å²) in [7, 11) is 0. The lowest BCUT2D eigenvalue weighted by molar-refractivity contribution is -0.148. The number of tetrazole rings is 1. The van der Waals surface area contributed by atoms with Gasteiger partial charge in [-0.3, -0.25) is 14.0 Å². The number of aryl methyl sites for hydroxylation is 1. The summed E-state index contributed by atoms with van der Waals surface area (Å²) >= 11 is 0. The van der Waals surface area contributed by atoms with E-state index in [-0.39, 0.29) is 29.6 Å². The Bertz CT molecular complexity index is 1140. The van der Waals surface area contributed by atoms with Gasteiger partial charge in [0.15, 0.2) is 12.6 Å². The van der Waals surface area contributed by atoms with Gasteiger partial charge in [0.2, 0.25) is 0 Å². The van der Waals surface area contributed by atoms with Crippen LogP contribution in [0.3, 0.4) is 0 Å². The Balaban J connectivity index is 1.32. The molecule has 0 unspecified atom stereocenters. The van der Waals surface area contributed by atoms with Gasteiger partial charge in [0, 0.05) is 18.8 Å². The van der Waals surface area contributed by atoms with Crippen molar-refractivity contribution < 1.29 is 9.53 Å². The van der Waals surface area contributed by atoms with Gasteiger partial charge in [0.25, 0.3) is 5.56 Å². The molecule has 0 spiro atoms. The molecule has 3 heterocycles. The van der Waals surface area contributed by atoms with Gasteiger partial charge >= 0.3 is 5.97 Å². The first-order valence-corrected chi connectivity index (χ1v) is 13.5. The number of unbranched alkanes of at least 4 members (excludes halogenated alkanes) is 12. The Morgan fingerprint density at radius 3 is 2.25 bits per heavy atom. The van der Waals surface area contributed by atoms with Crippen LogP contribution in [0.5, 0.6) is 0 Å². The zero-order chi connectivity index (χ0) is 25.6. The number of nitrogens with zero attached hydrogens (tertiary/aromatic N) is 6. The third-order valence-corrected chi connectivity index (χ3v) is 6.53. The standard InChI is InChI=1S/C27H40N6O3/c1-3-4-5-6-7-8-9-10-11-12-13-14-15-18-24(34)36-21-33-26(29-30-31-33)23-20-28-25-22(2)17-16-19-32(25)27(23)35/h16-17,19-20H,3-15,18,21H2,1-2H3. The second kappa shape index (κ2) is 15.1. The maximum absolute atomic E-state index is 12.9. The van der Waals surface area contributed by atoms with Gasteiger partial charge in [0.1, 0.15) is 11.2 Å². The predicted octanol–water partition coefficient (Wildman–Crippen LogP) is 5.64. The summed E-state index contributed by atoms with van der Waals surface area (Å²) in [5.74, 6) is -0.0688. The van der Waals surface area contributed by atoms with Crippen LogP contribution in [-0.2, 0) is 16.3 Å². The van der Waals surface area contributed by atoms with Gasteiger partial charge in [-0.1, -0.05) is 90.0 Å². The van der Waals surface area contributed by atoms with Crippen molar-refractivity contribution in [3.05, 3.63) is 40.4 Å². The Morgan fingerprint density at radius 1 is 0.944 bits per heavy atom. The van der Waals surface area contributed by atoms with Crippen LogP contribution >= 0.6 is 0 Å². The zero-order valence-electron chi connectivity index (χ0n) is 21.8. The van der Waals surface area contributed by atoms with Gasteiger partial charge in [-0.2, -0.15) is 4.68 Å². The van der Waals surface area contributed by atoms with Crippen LogP contribution in [0, 0.1) is 6.92 Å². The van der Waals surface area contributed by atoms with Crippen molar-refractivity contribution >= 4 is 11.6 Å². The smallest absolute Gasteiger partial charge is 0.307 e. The Kier molecular flexibility index (Phi) is 11.5. The van der Waals surface area contributed by atoms with Crippen LogP contribution < -0.4 is 5.56 Å². The highest BCUT2D eigenvalue weighted by atomic mass is 16.5. The SMILES string of the molecule is CCCCCCCCCCCCCCCC(=O)OCn1nnnc1-c1cnc2c(C)cccn2c1=O. The highest BCUT2D eigenvalue weighted by Gasteiger charge is 2.16. The molecule has 0 saturated carbocycles. The number of carbonyl (C=O) groups excluding carboxylic acids is 1. The van der Waals surface area contributed by atoms with E-state index in [1.165, 1.54) is 79.5 Å². The molecule has 0 aliphatic carbocycles. The van der Waals surface area contributed by atoms with Crippen LogP contribution in [0.4, 0.5) is 0 Å². The lowest BCUT2D eigenvalue weighted by Crippen LogP contribution is -2.20. The van der Waals surface area contributed by atoms with Gasteiger partial charge < -0.3 is 4.74 Å². The fraction of sp³-hybridized carbons (Fsp3) is 0.630. The second-order valence-corrected chi connectivity index (χ2v) is 9.50. The van der Waals surface area contributed by atoms with Gasteiger partial charge in [0.05, 0.1) is 0 Å². The molecule has 0 aliphatic rings. The molecular formula is C27H40N6O3. The average molecular weight is 497 g/mol. The molecule has 0 aromatic carbocycles. The lowest BCUT2D eigenvalue weighted by atomic mass is 10.0. The summed E-state index contributed by atoms with van der Waals surface area (Å²) in [6.07, 6.45) is 19.9. The van der Waals surface area contributed by atoms with E-state index in [0.717, 1.165) is 24.8 Å². The number of fused-ring (bicyclic) bond motifs is 1. The third-order valence-electron chi connectivity index (χ3n) is 6.53. The molecular weight excluding hydrogens is 456 g/mol. The molecule has 0 radical (unpaired) electrons. The normalized spacial score (nSPS) is 11.3. The lowest BCUT2D eigenvalue weighted by Gasteiger charge is -2.08. The minimum Gasteiger partial charge on any atom is -0.442 e. The summed E-state index contributed by atoms with van der Waals surface area (Å²) in [6, 6.07) is 3.68. The number of esters is 1. The molecule has 0 bridgehead atoms. The molecule has 0 atom stereocenters. The van der Waals surface area contributed by atoms with Crippen LogP contribution in [0.1, 0.15) is 102 Å². The highest BCUT2D eigenvalue weighted by Crippen LogP contribution is 2.15. The maximum atomic E-state index is 12.9. The molecule has 36 heavy (non-hydrogen) atoms. The topological polar surface area (TPSA) is 104 Å². The molecule has 196 valence electrons. The quantitative estimate of drug-likeness (QED) is 0.176. The van der Waals surface area contributed by atoms with Crippen molar-refractivity contribution in [2.75, 3.05) is 0 Å². The zero-order valence-corrected chi connectivity index (χ0v) is 21.8. The Hall–Kier alpha value is -3.10. The van der Waals surface area contributed by atoms with Crippen molar-refractivity contribution in [2.45, 2.75) is 110 Å². The summed E-state index contributed by atoms with van der Waals surface area (Å²) in [5.41, 5.74) is 1.44. The van der Waals surface area contributed by atoms with Gasteiger partial charge in [-0.15, -0.1) is 5.10 Å². The summed E-state index contributed by atoms with van der Waals surface area (Å²) in [4.78, 5) is 29.5. The van der Waals surface area contributed by atoms with E-state index in [0.29, 0.717) is 12.1 Å². The van der Waals surface area contributed by atoms with Crippen LogP contribution in [-0.4, -0.2) is 35.6 Å². The van der Waals surface area contributed by atoms with Gasteiger partial charge in [-0.05, 0) is 35.4 Å². The van der Waals surface area contributed by atoms with E-state index < -0.39 is 0 Å². The molecule has 0 N–H and O–H groups in total. The molecule has 3 aromatic heterocycles. The minimum absolute atomic E-state index is 0.143. The maximum Gasteiger partial charge on any atom is 0.307 e. The van der Waals surface area contributed by atoms with Crippen LogP contribution in [0.15, 0.2) is 29.3 Å². The molecule has 9 heteroatoms. The third kappa shape index (κ3) is 8.24. The van der Waals surface area contributed by atoms with E-state index in [4.69, 9.17) is 4.74 Å². The minimum atomic E-state index is -0.288. The van der Waals surface area contributed by atoms with Crippen molar-refractivity contribution in [3.63, 3.8) is 0 Å². The molecule has 0 saturated heterocycles. The number of pyridine rings is 1. The second-order valence-electron chi connectivity index (χ2n) is 9.50. The molecule has 3 aromatic rings. The fourth-order valence-corrected chi connectivity index (χ4v) is 4.38. The summed E-state index contributed by atoms with van der Waals surface area (Å²) in [6.45, 7) is 4.00. The Labute approximate surface area is 213 Å². The predicted molar refractivity (Wildman–Crippen MR) is 139 cm³/mol. The van der Waals surface area contributed by atoms with Crippen molar-refractivity contribution in [1.82, 2.24) is 29.6 Å². The molecule has 0 amide bonds. The summed E-state index contributed by atoms with van der Waals surface area (Å²) < 4.78 is 8.12. The van der Waals surface area contributed by atoms with E-state index in [9.17, 15) is 9.59 Å². The molecule has 3 rings (SSSR count). The number of hydrogen-bond donors (Lipinski definition) is 0. The van der Waals surface area contributed by atoms with E-state index in [1.807, 2.05) is 13.0 Å². The van der Waals surface area contributed by atoms with E-state index in [1.54, 1.807) is 12.3 Å². The van der Waals surface area contributed by atoms with E-state index in [2.05, 4.69) is 27.4 Å². The van der Waals surface area contributed by atoms with Crippen LogP contribution in [0.2, 0.25) is 0 Å². The van der Waals surface area contributed by atoms with Crippen molar-refractivity contribution in [2.24, 2.45) is 0 Å². The monoisotopic (exact) mass is 496 g/mol. The van der Waals surface area contributed by atoms with Crippen molar-refractivity contribution in [3.8, 4) is 11.4 Å². The molecule has 0 fully saturated rings. The summed E-state index contributed by atoms with van der Waals surface area (Å²) in [5, 5.41) is 11.5. The van der Waals surface area contributed by atoms with Gasteiger partial charge in [-0.25, -0.2) is 4.98 Å². The first-order chi connectivity index (χ1) is 17.6. The van der Waals surface area contributed by atoms with Crippen LogP contribution in [0.25, 0.3) is 17.0 Å². The van der Waals surface area contributed by atoms with Crippen molar-refractivity contribution in [1.29, 1.82) is 0 Å². The molecule has 0 aliphatic heterocycles.